The maximum atomic E-state index is 13.5. The number of rotatable bonds is 10. The zero-order chi connectivity index (χ0) is 23.2. The lowest BCUT2D eigenvalue weighted by molar-refractivity contribution is -0.149. The molecular formula is C20H26ClN2O7P. The minimum absolute atomic E-state index is 0.182. The van der Waals surface area contributed by atoms with Crippen molar-refractivity contribution in [3.8, 4) is 11.5 Å². The van der Waals surface area contributed by atoms with Crippen molar-refractivity contribution in [1.29, 1.82) is 0 Å². The maximum Gasteiger partial charge on any atom is 0.459 e. The SMILES string of the molecule is Cc1ncc(COP(=O)(N[C@@H](C)C(=O)OC(C)C)Oc2ccc(Cl)cc2)c(CO)c1O. The molecule has 0 aliphatic rings. The first-order valence-electron chi connectivity index (χ1n) is 9.50. The first kappa shape index (κ1) is 25.1. The van der Waals surface area contributed by atoms with Crippen molar-refractivity contribution in [2.45, 2.75) is 53.1 Å². The lowest BCUT2D eigenvalue weighted by Gasteiger charge is -2.24. The average Bonchev–Trinajstić information content (AvgIpc) is 2.70. The van der Waals surface area contributed by atoms with Crippen molar-refractivity contribution in [3.05, 3.63) is 52.3 Å². The van der Waals surface area contributed by atoms with E-state index in [0.717, 1.165) is 0 Å². The zero-order valence-corrected chi connectivity index (χ0v) is 19.3. The normalized spacial score (nSPS) is 14.2. The van der Waals surface area contributed by atoms with Crippen LogP contribution in [0, 0.1) is 6.92 Å². The number of hydrogen-bond donors (Lipinski definition) is 3. The van der Waals surface area contributed by atoms with Gasteiger partial charge in [-0.1, -0.05) is 11.6 Å². The molecule has 0 saturated carbocycles. The fourth-order valence-corrected chi connectivity index (χ4v) is 4.08. The van der Waals surface area contributed by atoms with Gasteiger partial charge in [0.1, 0.15) is 17.5 Å². The highest BCUT2D eigenvalue weighted by Gasteiger charge is 2.33. The summed E-state index contributed by atoms with van der Waals surface area (Å²) < 4.78 is 29.7. The molecular weight excluding hydrogens is 447 g/mol. The van der Waals surface area contributed by atoms with E-state index in [9.17, 15) is 19.6 Å². The Bertz CT molecular complexity index is 953. The highest BCUT2D eigenvalue weighted by atomic mass is 35.5. The molecule has 0 amide bonds. The molecule has 0 spiro atoms. The van der Waals surface area contributed by atoms with Crippen LogP contribution in [-0.4, -0.2) is 33.3 Å². The van der Waals surface area contributed by atoms with Gasteiger partial charge in [0.05, 0.1) is 25.0 Å². The molecule has 1 heterocycles. The van der Waals surface area contributed by atoms with Gasteiger partial charge in [0.15, 0.2) is 0 Å². The molecule has 2 rings (SSSR count). The number of ether oxygens (including phenoxy) is 1. The molecule has 1 unspecified atom stereocenters. The molecule has 9 nitrogen and oxygen atoms in total. The van der Waals surface area contributed by atoms with E-state index in [1.54, 1.807) is 32.9 Å². The standard InChI is InChI=1S/C20H26ClN2O7P/c1-12(2)29-20(26)14(4)23-31(27,30-17-7-5-16(21)6-8-17)28-11-15-9-22-13(3)19(25)18(15)10-24/h5-9,12,14,24-25H,10-11H2,1-4H3,(H,23,27)/t14-,31?/m0/s1. The lowest BCUT2D eigenvalue weighted by atomic mass is 10.1. The quantitative estimate of drug-likeness (QED) is 0.348. The Balaban J connectivity index is 2.26. The third kappa shape index (κ3) is 7.19. The second-order valence-corrected chi connectivity index (χ2v) is 9.14. The Morgan fingerprint density at radius 3 is 2.48 bits per heavy atom. The molecule has 1 aromatic carbocycles. The number of aryl methyl sites for hydroxylation is 1. The number of esters is 1. The third-order valence-electron chi connectivity index (χ3n) is 4.07. The second kappa shape index (κ2) is 10.9. The van der Waals surface area contributed by atoms with Crippen LogP contribution in [0.1, 0.15) is 37.6 Å². The summed E-state index contributed by atoms with van der Waals surface area (Å²) in [5.41, 5.74) is 0.833. The van der Waals surface area contributed by atoms with Crippen LogP contribution in [0.2, 0.25) is 5.02 Å². The molecule has 2 atom stereocenters. The van der Waals surface area contributed by atoms with Gasteiger partial charge in [0.2, 0.25) is 0 Å². The van der Waals surface area contributed by atoms with E-state index in [0.29, 0.717) is 16.3 Å². The summed E-state index contributed by atoms with van der Waals surface area (Å²) in [5, 5.41) is 22.7. The van der Waals surface area contributed by atoms with Crippen LogP contribution < -0.4 is 9.61 Å². The molecule has 0 aliphatic heterocycles. The van der Waals surface area contributed by atoms with Gasteiger partial charge in [-0.15, -0.1) is 0 Å². The number of aromatic hydroxyl groups is 1. The second-order valence-electron chi connectivity index (χ2n) is 7.01. The van der Waals surface area contributed by atoms with Crippen molar-refractivity contribution in [1.82, 2.24) is 10.1 Å². The van der Waals surface area contributed by atoms with E-state index >= 15 is 0 Å². The molecule has 31 heavy (non-hydrogen) atoms. The van der Waals surface area contributed by atoms with Crippen LogP contribution >= 0.6 is 19.3 Å². The smallest absolute Gasteiger partial charge is 0.459 e. The molecule has 0 saturated heterocycles. The molecule has 0 radical (unpaired) electrons. The highest BCUT2D eigenvalue weighted by Crippen LogP contribution is 2.46. The van der Waals surface area contributed by atoms with Gasteiger partial charge >= 0.3 is 13.7 Å². The van der Waals surface area contributed by atoms with Gasteiger partial charge in [-0.05, 0) is 52.0 Å². The van der Waals surface area contributed by atoms with Crippen molar-refractivity contribution in [2.24, 2.45) is 0 Å². The summed E-state index contributed by atoms with van der Waals surface area (Å²) in [7, 11) is -4.12. The Morgan fingerprint density at radius 2 is 1.90 bits per heavy atom. The summed E-state index contributed by atoms with van der Waals surface area (Å²) in [6.45, 7) is 5.64. The average molecular weight is 473 g/mol. The summed E-state index contributed by atoms with van der Waals surface area (Å²) in [5.74, 6) is -0.625. The van der Waals surface area contributed by atoms with Crippen LogP contribution in [0.15, 0.2) is 30.5 Å². The molecule has 0 fully saturated rings. The van der Waals surface area contributed by atoms with E-state index in [2.05, 4.69) is 10.1 Å². The van der Waals surface area contributed by atoms with Crippen LogP contribution in [0.4, 0.5) is 0 Å². The number of aliphatic hydroxyl groups is 1. The zero-order valence-electron chi connectivity index (χ0n) is 17.7. The Labute approximate surface area is 185 Å². The number of carbonyl (C=O) groups excluding carboxylic acids is 1. The molecule has 0 aliphatic carbocycles. The maximum absolute atomic E-state index is 13.5. The topological polar surface area (TPSA) is 127 Å². The van der Waals surface area contributed by atoms with E-state index in [1.807, 2.05) is 0 Å². The number of aromatic nitrogens is 1. The minimum atomic E-state index is -4.12. The number of benzene rings is 1. The lowest BCUT2D eigenvalue weighted by Crippen LogP contribution is -2.36. The number of aliphatic hydroxyl groups excluding tert-OH is 1. The predicted molar refractivity (Wildman–Crippen MR) is 115 cm³/mol. The van der Waals surface area contributed by atoms with Crippen LogP contribution in [0.5, 0.6) is 11.5 Å². The van der Waals surface area contributed by atoms with E-state index in [4.69, 9.17) is 25.4 Å². The monoisotopic (exact) mass is 472 g/mol. The number of carbonyl (C=O) groups is 1. The summed E-state index contributed by atoms with van der Waals surface area (Å²) in [4.78, 5) is 16.2. The Morgan fingerprint density at radius 1 is 1.26 bits per heavy atom. The van der Waals surface area contributed by atoms with E-state index in [1.165, 1.54) is 25.3 Å². The van der Waals surface area contributed by atoms with E-state index in [-0.39, 0.29) is 29.8 Å². The molecule has 11 heteroatoms. The highest BCUT2D eigenvalue weighted by molar-refractivity contribution is 7.52. The molecule has 3 N–H and O–H groups in total. The van der Waals surface area contributed by atoms with Crippen molar-refractivity contribution in [2.75, 3.05) is 0 Å². The number of halogens is 1. The van der Waals surface area contributed by atoms with E-state index < -0.39 is 26.4 Å². The van der Waals surface area contributed by atoms with Crippen LogP contribution in [0.25, 0.3) is 0 Å². The van der Waals surface area contributed by atoms with Gasteiger partial charge in [-0.2, -0.15) is 5.09 Å². The predicted octanol–water partition coefficient (Wildman–Crippen LogP) is 3.87. The van der Waals surface area contributed by atoms with Crippen molar-refractivity contribution >= 4 is 25.3 Å². The van der Waals surface area contributed by atoms with Crippen molar-refractivity contribution in [3.63, 3.8) is 0 Å². The van der Waals surface area contributed by atoms with Gasteiger partial charge in [0.25, 0.3) is 0 Å². The number of nitrogens with zero attached hydrogens (tertiary/aromatic N) is 1. The first-order chi connectivity index (χ1) is 14.5. The minimum Gasteiger partial charge on any atom is -0.506 e. The largest absolute Gasteiger partial charge is 0.506 e. The number of nitrogens with one attached hydrogen (secondary N) is 1. The van der Waals surface area contributed by atoms with Crippen LogP contribution in [0.3, 0.4) is 0 Å². The van der Waals surface area contributed by atoms with Gasteiger partial charge in [-0.3, -0.25) is 14.3 Å². The fraction of sp³-hybridized carbons (Fsp3) is 0.400. The molecule has 0 bridgehead atoms. The molecule has 170 valence electrons. The van der Waals surface area contributed by atoms with Gasteiger partial charge < -0.3 is 19.5 Å². The van der Waals surface area contributed by atoms with Crippen LogP contribution in [-0.2, 0) is 31.8 Å². The molecule has 2 aromatic rings. The number of hydrogen-bond acceptors (Lipinski definition) is 8. The summed E-state index contributed by atoms with van der Waals surface area (Å²) in [6.07, 6.45) is 1.03. The number of pyridine rings is 1. The Hall–Kier alpha value is -2.16. The summed E-state index contributed by atoms with van der Waals surface area (Å²) >= 11 is 5.87. The summed E-state index contributed by atoms with van der Waals surface area (Å²) in [6, 6.07) is 5.07. The van der Waals surface area contributed by atoms with Crippen molar-refractivity contribution < 1.29 is 33.4 Å². The van der Waals surface area contributed by atoms with Gasteiger partial charge in [-0.25, -0.2) is 4.57 Å². The molecule has 1 aromatic heterocycles. The Kier molecular flexibility index (Phi) is 8.85. The van der Waals surface area contributed by atoms with Gasteiger partial charge in [0, 0.05) is 22.3 Å². The third-order valence-corrected chi connectivity index (χ3v) is 5.95. The fourth-order valence-electron chi connectivity index (χ4n) is 2.49. The first-order valence-corrected chi connectivity index (χ1v) is 11.4.